The van der Waals surface area contributed by atoms with Crippen LogP contribution in [-0.4, -0.2) is 53.4 Å². The minimum atomic E-state index is -1.16. The maximum Gasteiger partial charge on any atom is 0.336 e. The number of aliphatic hydroxyl groups excluding tert-OH is 2. The van der Waals surface area contributed by atoms with Gasteiger partial charge >= 0.3 is 5.97 Å². The highest BCUT2D eigenvalue weighted by Gasteiger charge is 2.28. The Kier molecular flexibility index (Phi) is 23.9. The number of rotatable bonds is 8. The van der Waals surface area contributed by atoms with Crippen molar-refractivity contribution in [2.24, 2.45) is 23.3 Å². The Labute approximate surface area is 181 Å². The number of carbonyl (C=O) groups excluding carboxylic acids is 2. The Morgan fingerprint density at radius 1 is 0.900 bits per heavy atom. The molecular formula is C21H46F2N2O5. The van der Waals surface area contributed by atoms with Crippen LogP contribution in [0.4, 0.5) is 9.15 Å². The van der Waals surface area contributed by atoms with Gasteiger partial charge in [-0.3, -0.25) is 4.79 Å². The van der Waals surface area contributed by atoms with E-state index in [2.05, 4.69) is 4.74 Å². The van der Waals surface area contributed by atoms with Crippen molar-refractivity contribution in [3.8, 4) is 0 Å². The zero-order chi connectivity index (χ0) is 21.0. The standard InChI is InChI=1S/C9H17NO3.C9H17NO2.3CH4.F2/c1-13-9(12)8(11)7(10)5-6-3-2-4-6;1-6(11)9(12)8(10)5-7-3-2-4-7;;;;1-2/h6-8,11H,2-5,10H2,1H3;7-9,12H,2-5,10H2,1H3;3*1H4;. The Bertz CT molecular complexity index is 436. The third kappa shape index (κ3) is 13.2. The summed E-state index contributed by atoms with van der Waals surface area (Å²) in [5, 5.41) is 18.6. The van der Waals surface area contributed by atoms with Crippen molar-refractivity contribution in [1.29, 1.82) is 0 Å². The molecule has 0 bridgehead atoms. The summed E-state index contributed by atoms with van der Waals surface area (Å²) in [7, 11) is 1.25. The van der Waals surface area contributed by atoms with Crippen LogP contribution in [0.2, 0.25) is 0 Å². The summed E-state index contributed by atoms with van der Waals surface area (Å²) in [6.45, 7) is 1.38. The lowest BCUT2D eigenvalue weighted by Crippen LogP contribution is -2.43. The first-order chi connectivity index (χ1) is 12.8. The number of halogens is 2. The number of ketones is 1. The molecule has 184 valence electrons. The van der Waals surface area contributed by atoms with Gasteiger partial charge in [0, 0.05) is 21.2 Å². The van der Waals surface area contributed by atoms with Crippen molar-refractivity contribution >= 4 is 11.8 Å². The second-order valence-electron chi connectivity index (χ2n) is 7.42. The zero-order valence-electron chi connectivity index (χ0n) is 16.2. The Hall–Kier alpha value is -1.16. The van der Waals surface area contributed by atoms with E-state index in [1.807, 2.05) is 0 Å². The zero-order valence-corrected chi connectivity index (χ0v) is 16.2. The van der Waals surface area contributed by atoms with E-state index in [4.69, 9.17) is 20.6 Å². The number of methoxy groups -OCH3 is 1. The Balaban J connectivity index is -0.000000191. The van der Waals surface area contributed by atoms with Gasteiger partial charge in [-0.2, -0.15) is 0 Å². The van der Waals surface area contributed by atoms with Crippen molar-refractivity contribution in [3.63, 3.8) is 0 Å². The van der Waals surface area contributed by atoms with Crippen molar-refractivity contribution in [2.45, 2.75) is 105 Å². The highest BCUT2D eigenvalue weighted by atomic mass is 20.0. The number of aliphatic hydroxyl groups is 2. The monoisotopic (exact) mass is 444 g/mol. The van der Waals surface area contributed by atoms with Crippen molar-refractivity contribution < 1.29 is 33.7 Å². The summed E-state index contributed by atoms with van der Waals surface area (Å²) in [5.74, 6) is 0.386. The number of ether oxygens (including phenoxy) is 1. The van der Waals surface area contributed by atoms with Gasteiger partial charge in [0.15, 0.2) is 11.9 Å². The molecule has 2 aliphatic rings. The fourth-order valence-electron chi connectivity index (χ4n) is 3.08. The molecule has 0 amide bonds. The molecule has 0 aromatic rings. The summed E-state index contributed by atoms with van der Waals surface area (Å²) < 4.78 is 20.4. The van der Waals surface area contributed by atoms with Crippen LogP contribution in [0.15, 0.2) is 0 Å². The minimum Gasteiger partial charge on any atom is -0.467 e. The first kappa shape index (κ1) is 36.2. The molecule has 2 aliphatic carbocycles. The van der Waals surface area contributed by atoms with Crippen LogP contribution in [0.5, 0.6) is 0 Å². The quantitative estimate of drug-likeness (QED) is 0.422. The van der Waals surface area contributed by atoms with Gasteiger partial charge in [0.1, 0.15) is 6.10 Å². The van der Waals surface area contributed by atoms with Crippen molar-refractivity contribution in [2.75, 3.05) is 7.11 Å². The highest BCUT2D eigenvalue weighted by Crippen LogP contribution is 2.31. The van der Waals surface area contributed by atoms with Crippen LogP contribution in [0.1, 0.15) is 80.6 Å². The average molecular weight is 445 g/mol. The lowest BCUT2D eigenvalue weighted by atomic mass is 9.80. The highest BCUT2D eigenvalue weighted by molar-refractivity contribution is 5.80. The van der Waals surface area contributed by atoms with Crippen LogP contribution < -0.4 is 11.5 Å². The van der Waals surface area contributed by atoms with Crippen LogP contribution in [0, 0.1) is 11.8 Å². The van der Waals surface area contributed by atoms with E-state index in [0.29, 0.717) is 11.8 Å². The van der Waals surface area contributed by atoms with Gasteiger partial charge in [0.2, 0.25) is 0 Å². The molecule has 0 aliphatic heterocycles. The molecule has 30 heavy (non-hydrogen) atoms. The van der Waals surface area contributed by atoms with Gasteiger partial charge in [0.25, 0.3) is 0 Å². The number of Topliss-reactive ketones (excluding diaryl/α,β-unsaturated/α-hetero) is 1. The molecule has 7 nitrogen and oxygen atoms in total. The van der Waals surface area contributed by atoms with Crippen LogP contribution in [0.3, 0.4) is 0 Å². The first-order valence-electron chi connectivity index (χ1n) is 9.36. The van der Waals surface area contributed by atoms with Gasteiger partial charge in [0.05, 0.1) is 7.11 Å². The molecule has 0 spiro atoms. The summed E-state index contributed by atoms with van der Waals surface area (Å²) >= 11 is 0. The van der Waals surface area contributed by atoms with E-state index in [0.717, 1.165) is 12.8 Å². The smallest absolute Gasteiger partial charge is 0.336 e. The van der Waals surface area contributed by atoms with E-state index in [9.17, 15) is 19.8 Å². The summed E-state index contributed by atoms with van der Waals surface area (Å²) in [4.78, 5) is 21.6. The van der Waals surface area contributed by atoms with Crippen LogP contribution >= 0.6 is 0 Å². The van der Waals surface area contributed by atoms with Gasteiger partial charge in [-0.25, -0.2) is 4.79 Å². The predicted molar refractivity (Wildman–Crippen MR) is 117 cm³/mol. The third-order valence-corrected chi connectivity index (χ3v) is 5.33. The normalized spacial score (nSPS) is 18.8. The molecule has 4 unspecified atom stereocenters. The van der Waals surface area contributed by atoms with Crippen LogP contribution in [0.25, 0.3) is 0 Å². The summed E-state index contributed by atoms with van der Waals surface area (Å²) in [6.07, 6.45) is 6.66. The Morgan fingerprint density at radius 2 is 1.23 bits per heavy atom. The Morgan fingerprint density at radius 3 is 1.47 bits per heavy atom. The number of esters is 1. The molecule has 0 saturated heterocycles. The molecule has 6 N–H and O–H groups in total. The van der Waals surface area contributed by atoms with E-state index >= 15 is 0 Å². The van der Waals surface area contributed by atoms with E-state index < -0.39 is 24.2 Å². The largest absolute Gasteiger partial charge is 0.467 e. The number of carbonyl (C=O) groups is 2. The van der Waals surface area contributed by atoms with E-state index in [-0.39, 0.29) is 34.1 Å². The van der Waals surface area contributed by atoms with E-state index in [1.165, 1.54) is 52.6 Å². The van der Waals surface area contributed by atoms with Gasteiger partial charge in [-0.1, -0.05) is 60.8 Å². The SMILES string of the molecule is C.C.C.CC(=O)C(O)C(N)CC1CCC1.COC(=O)C(O)C(N)CC1CCC1.FF. The number of hydrogen-bond acceptors (Lipinski definition) is 7. The lowest BCUT2D eigenvalue weighted by molar-refractivity contribution is -0.151. The summed E-state index contributed by atoms with van der Waals surface area (Å²) in [5.41, 5.74) is 11.3. The molecule has 4 atom stereocenters. The molecule has 0 radical (unpaired) electrons. The average Bonchev–Trinajstić information content (AvgIpc) is 2.60. The third-order valence-electron chi connectivity index (χ3n) is 5.33. The lowest BCUT2D eigenvalue weighted by Gasteiger charge is -2.29. The fourth-order valence-corrected chi connectivity index (χ4v) is 3.08. The number of nitrogens with two attached hydrogens (primary N) is 2. The molecular weight excluding hydrogens is 398 g/mol. The maximum absolute atomic E-state index is 10.9. The van der Waals surface area contributed by atoms with E-state index in [1.54, 1.807) is 0 Å². The summed E-state index contributed by atoms with van der Waals surface area (Å²) in [6, 6.07) is -0.828. The molecule has 9 heteroatoms. The van der Waals surface area contributed by atoms with Gasteiger partial charge in [-0.15, -0.1) is 0 Å². The topological polar surface area (TPSA) is 136 Å². The van der Waals surface area contributed by atoms with Gasteiger partial charge < -0.3 is 26.4 Å². The second kappa shape index (κ2) is 19.8. The molecule has 2 rings (SSSR count). The van der Waals surface area contributed by atoms with Gasteiger partial charge in [-0.05, 0) is 31.6 Å². The minimum absolute atomic E-state index is 0. The van der Waals surface area contributed by atoms with Crippen molar-refractivity contribution in [1.82, 2.24) is 0 Å². The number of hydrogen-bond donors (Lipinski definition) is 4. The molecule has 0 aromatic heterocycles. The first-order valence-corrected chi connectivity index (χ1v) is 9.36. The van der Waals surface area contributed by atoms with Crippen LogP contribution in [-0.2, 0) is 14.3 Å². The molecule has 2 fully saturated rings. The van der Waals surface area contributed by atoms with Crippen molar-refractivity contribution in [3.05, 3.63) is 0 Å². The maximum atomic E-state index is 10.9. The fraction of sp³-hybridized carbons (Fsp3) is 0.905. The predicted octanol–water partition coefficient (Wildman–Crippen LogP) is 3.24. The second-order valence-corrected chi connectivity index (χ2v) is 7.42. The molecule has 0 aromatic carbocycles. The molecule has 2 saturated carbocycles. The molecule has 0 heterocycles.